The predicted octanol–water partition coefficient (Wildman–Crippen LogP) is 2.40. The second kappa shape index (κ2) is 7.94. The van der Waals surface area contributed by atoms with Gasteiger partial charge >= 0.3 is 5.97 Å². The molecular formula is C14H18BrNO3. The molecule has 1 aromatic carbocycles. The highest BCUT2D eigenvalue weighted by Crippen LogP contribution is 2.11. The maximum Gasteiger partial charge on any atom is 0.325 e. The minimum Gasteiger partial charge on any atom is -0.468 e. The molecule has 4 nitrogen and oxygen atoms in total. The number of halogens is 1. The number of rotatable bonds is 6. The van der Waals surface area contributed by atoms with Crippen LogP contribution in [-0.4, -0.2) is 37.0 Å². The summed E-state index contributed by atoms with van der Waals surface area (Å²) < 4.78 is 5.58. The van der Waals surface area contributed by atoms with E-state index in [9.17, 15) is 9.59 Å². The average Bonchev–Trinajstić information content (AvgIpc) is 2.40. The Balaban J connectivity index is 2.65. The van der Waals surface area contributed by atoms with Crippen LogP contribution in [0.5, 0.6) is 0 Å². The van der Waals surface area contributed by atoms with E-state index in [-0.39, 0.29) is 12.5 Å². The monoisotopic (exact) mass is 327 g/mol. The van der Waals surface area contributed by atoms with E-state index in [2.05, 4.69) is 20.7 Å². The lowest BCUT2D eigenvalue weighted by Gasteiger charge is -2.20. The molecule has 0 spiro atoms. The Morgan fingerprint density at radius 3 is 2.42 bits per heavy atom. The molecule has 0 aliphatic rings. The molecule has 104 valence electrons. The Kier molecular flexibility index (Phi) is 6.56. The fourth-order valence-electron chi connectivity index (χ4n) is 1.67. The molecule has 0 bridgehead atoms. The van der Waals surface area contributed by atoms with Crippen molar-refractivity contribution in [1.82, 2.24) is 4.90 Å². The summed E-state index contributed by atoms with van der Waals surface area (Å²) in [4.78, 5) is 25.0. The first-order valence-electron chi connectivity index (χ1n) is 6.15. The zero-order valence-corrected chi connectivity index (χ0v) is 12.8. The number of ether oxygens (including phenoxy) is 1. The lowest BCUT2D eigenvalue weighted by molar-refractivity contribution is -0.146. The summed E-state index contributed by atoms with van der Waals surface area (Å²) >= 11 is 3.35. The molecule has 1 aromatic rings. The molecule has 0 N–H and O–H groups in total. The fourth-order valence-corrected chi connectivity index (χ4v) is 1.94. The number of hydrogen-bond donors (Lipinski definition) is 0. The van der Waals surface area contributed by atoms with E-state index in [1.54, 1.807) is 0 Å². The van der Waals surface area contributed by atoms with Gasteiger partial charge in [0.05, 0.1) is 13.5 Å². The summed E-state index contributed by atoms with van der Waals surface area (Å²) in [5.41, 5.74) is 0.930. The van der Waals surface area contributed by atoms with Crippen molar-refractivity contribution in [1.29, 1.82) is 0 Å². The Morgan fingerprint density at radius 2 is 1.89 bits per heavy atom. The molecule has 0 aromatic heterocycles. The molecule has 0 radical (unpaired) electrons. The minimum atomic E-state index is -0.391. The van der Waals surface area contributed by atoms with Crippen molar-refractivity contribution in [2.24, 2.45) is 0 Å². The first-order valence-corrected chi connectivity index (χ1v) is 6.95. The first-order chi connectivity index (χ1) is 9.06. The van der Waals surface area contributed by atoms with Gasteiger partial charge in [-0.1, -0.05) is 35.0 Å². The van der Waals surface area contributed by atoms with Crippen LogP contribution in [0.25, 0.3) is 0 Å². The maximum absolute atomic E-state index is 12.1. The predicted molar refractivity (Wildman–Crippen MR) is 76.7 cm³/mol. The SMILES string of the molecule is CCCN(CC(=O)OC)C(=O)Cc1ccc(Br)cc1. The third kappa shape index (κ3) is 5.42. The molecule has 0 fully saturated rings. The highest BCUT2D eigenvalue weighted by atomic mass is 79.9. The second-order valence-corrected chi connectivity index (χ2v) is 5.11. The van der Waals surface area contributed by atoms with E-state index in [1.807, 2.05) is 31.2 Å². The molecule has 0 aliphatic carbocycles. The van der Waals surface area contributed by atoms with Gasteiger partial charge in [-0.2, -0.15) is 0 Å². The van der Waals surface area contributed by atoms with Crippen LogP contribution in [0.2, 0.25) is 0 Å². The van der Waals surface area contributed by atoms with Crippen molar-refractivity contribution in [3.8, 4) is 0 Å². The number of carbonyl (C=O) groups excluding carboxylic acids is 2. The number of nitrogens with zero attached hydrogens (tertiary/aromatic N) is 1. The summed E-state index contributed by atoms with van der Waals surface area (Å²) in [5, 5.41) is 0. The van der Waals surface area contributed by atoms with Crippen molar-refractivity contribution >= 4 is 27.8 Å². The minimum absolute atomic E-state index is 0.0136. The molecule has 1 rings (SSSR count). The van der Waals surface area contributed by atoms with Crippen LogP contribution in [0.4, 0.5) is 0 Å². The average molecular weight is 328 g/mol. The topological polar surface area (TPSA) is 46.6 Å². The van der Waals surface area contributed by atoms with E-state index in [0.717, 1.165) is 16.5 Å². The van der Waals surface area contributed by atoms with Crippen molar-refractivity contribution in [2.75, 3.05) is 20.2 Å². The zero-order chi connectivity index (χ0) is 14.3. The molecule has 0 heterocycles. The summed E-state index contributed by atoms with van der Waals surface area (Å²) in [6.07, 6.45) is 1.10. The Labute approximate surface area is 121 Å². The summed E-state index contributed by atoms with van der Waals surface area (Å²) in [7, 11) is 1.33. The molecule has 0 unspecified atom stereocenters. The molecule has 0 aliphatic heterocycles. The third-order valence-electron chi connectivity index (χ3n) is 2.66. The van der Waals surface area contributed by atoms with Crippen LogP contribution in [-0.2, 0) is 20.7 Å². The molecule has 1 amide bonds. The highest BCUT2D eigenvalue weighted by Gasteiger charge is 2.16. The van der Waals surface area contributed by atoms with Crippen molar-refractivity contribution in [3.05, 3.63) is 34.3 Å². The Morgan fingerprint density at radius 1 is 1.26 bits per heavy atom. The molecular weight excluding hydrogens is 310 g/mol. The van der Waals surface area contributed by atoms with Crippen molar-refractivity contribution < 1.29 is 14.3 Å². The van der Waals surface area contributed by atoms with Gasteiger partial charge in [0.1, 0.15) is 6.54 Å². The summed E-state index contributed by atoms with van der Waals surface area (Å²) in [6.45, 7) is 2.54. The Bertz CT molecular complexity index is 431. The number of methoxy groups -OCH3 is 1. The summed E-state index contributed by atoms with van der Waals surface area (Å²) in [6, 6.07) is 7.58. The largest absolute Gasteiger partial charge is 0.468 e. The second-order valence-electron chi connectivity index (χ2n) is 4.19. The smallest absolute Gasteiger partial charge is 0.325 e. The third-order valence-corrected chi connectivity index (χ3v) is 3.19. The van der Waals surface area contributed by atoms with Crippen LogP contribution in [0.1, 0.15) is 18.9 Å². The maximum atomic E-state index is 12.1. The van der Waals surface area contributed by atoms with Crippen molar-refractivity contribution in [3.63, 3.8) is 0 Å². The number of hydrogen-bond acceptors (Lipinski definition) is 3. The Hall–Kier alpha value is -1.36. The number of amides is 1. The fraction of sp³-hybridized carbons (Fsp3) is 0.429. The molecule has 19 heavy (non-hydrogen) atoms. The van der Waals surface area contributed by atoms with E-state index in [0.29, 0.717) is 13.0 Å². The van der Waals surface area contributed by atoms with Gasteiger partial charge in [-0.15, -0.1) is 0 Å². The molecule has 0 saturated heterocycles. The molecule has 0 saturated carbocycles. The van der Waals surface area contributed by atoms with Crippen LogP contribution in [0.15, 0.2) is 28.7 Å². The van der Waals surface area contributed by atoms with Crippen LogP contribution in [0.3, 0.4) is 0 Å². The van der Waals surface area contributed by atoms with Gasteiger partial charge in [0.15, 0.2) is 0 Å². The molecule has 0 atom stereocenters. The van der Waals surface area contributed by atoms with Crippen LogP contribution < -0.4 is 0 Å². The van der Waals surface area contributed by atoms with E-state index in [1.165, 1.54) is 12.0 Å². The summed E-state index contributed by atoms with van der Waals surface area (Å²) in [5.74, 6) is -0.452. The van der Waals surface area contributed by atoms with Gasteiger partial charge < -0.3 is 9.64 Å². The normalized spacial score (nSPS) is 10.1. The van der Waals surface area contributed by atoms with Gasteiger partial charge in [-0.25, -0.2) is 0 Å². The lowest BCUT2D eigenvalue weighted by Crippen LogP contribution is -2.37. The first kappa shape index (κ1) is 15.7. The van der Waals surface area contributed by atoms with E-state index < -0.39 is 5.97 Å². The quantitative estimate of drug-likeness (QED) is 0.754. The van der Waals surface area contributed by atoms with E-state index >= 15 is 0 Å². The van der Waals surface area contributed by atoms with Gasteiger partial charge in [-0.3, -0.25) is 9.59 Å². The van der Waals surface area contributed by atoms with Gasteiger partial charge in [0.2, 0.25) is 5.91 Å². The van der Waals surface area contributed by atoms with Gasteiger partial charge in [-0.05, 0) is 24.1 Å². The number of benzene rings is 1. The van der Waals surface area contributed by atoms with Gasteiger partial charge in [0, 0.05) is 11.0 Å². The zero-order valence-electron chi connectivity index (χ0n) is 11.2. The van der Waals surface area contributed by atoms with Crippen LogP contribution >= 0.6 is 15.9 Å². The standard InChI is InChI=1S/C14H18BrNO3/c1-3-8-16(10-14(18)19-2)13(17)9-11-4-6-12(15)7-5-11/h4-7H,3,8-10H2,1-2H3. The lowest BCUT2D eigenvalue weighted by atomic mass is 10.1. The number of esters is 1. The van der Waals surface area contributed by atoms with Crippen LogP contribution in [0, 0.1) is 0 Å². The highest BCUT2D eigenvalue weighted by molar-refractivity contribution is 9.10. The van der Waals surface area contributed by atoms with E-state index in [4.69, 9.17) is 0 Å². The van der Waals surface area contributed by atoms with Gasteiger partial charge in [0.25, 0.3) is 0 Å². The van der Waals surface area contributed by atoms with Crippen molar-refractivity contribution in [2.45, 2.75) is 19.8 Å². The number of carbonyl (C=O) groups is 2. The molecule has 5 heteroatoms.